The zero-order valence-electron chi connectivity index (χ0n) is 42.0. The molecule has 2 aromatic carbocycles. The van der Waals surface area contributed by atoms with Crippen LogP contribution < -0.4 is 37.5 Å². The summed E-state index contributed by atoms with van der Waals surface area (Å²) in [4.78, 5) is 116. The standard InChI is InChI=1S/C52H52ClFN10O13S/c1-3-52(73)33-17-38-47-31(24-64(38)49(71)32(33)25-77-50(52)72)45-35(15-14-30-44(45)36(63-47)18-34(54)46(30)53)61-43(69)26-76-27-60-41(67)22-57-48(70)37(16-28-10-6-4-7-11-28)62-42(68)23-56-40(66)21-55-39(65)13-9-5-8-12-29-19-58-51(59-20-29)78(2,74)75/h4,6-7,10-11,17-20,35,37,73H,3,5,9,13-16,21-27H2,1-2H3,(H,55,65)(H,56,66)(H,57,70)(H,60,67)(H,61,69)(H,62,68)/t35-,37+,52+/m1/s1. The molecule has 23 nitrogen and oxygen atoms in total. The molecule has 408 valence electrons. The third-order valence-corrected chi connectivity index (χ3v) is 14.4. The van der Waals surface area contributed by atoms with Gasteiger partial charge in [-0.1, -0.05) is 60.7 Å². The van der Waals surface area contributed by atoms with Crippen LogP contribution in [-0.4, -0.2) is 120 Å². The van der Waals surface area contributed by atoms with Gasteiger partial charge in [0.25, 0.3) is 5.56 Å². The van der Waals surface area contributed by atoms with Crippen molar-refractivity contribution in [3.8, 4) is 23.2 Å². The number of ether oxygens (including phenoxy) is 2. The molecule has 26 heteroatoms. The molecular weight excluding hydrogens is 1060 g/mol. The molecule has 6 amide bonds. The first-order valence-electron chi connectivity index (χ1n) is 24.5. The Balaban J connectivity index is 0.798. The fraction of sp³-hybridized carbons (Fsp3) is 0.365. The van der Waals surface area contributed by atoms with E-state index in [2.05, 4.69) is 53.7 Å². The van der Waals surface area contributed by atoms with E-state index in [-0.39, 0.29) is 72.1 Å². The second-order valence-corrected chi connectivity index (χ2v) is 20.8. The number of aliphatic hydroxyl groups is 1. The number of benzene rings is 2. The largest absolute Gasteiger partial charge is 0.458 e. The van der Waals surface area contributed by atoms with Gasteiger partial charge in [-0.2, -0.15) is 0 Å². The second-order valence-electron chi connectivity index (χ2n) is 18.5. The molecule has 1 aliphatic carbocycles. The Bertz CT molecular complexity index is 3500. The van der Waals surface area contributed by atoms with Crippen molar-refractivity contribution in [3.05, 3.63) is 115 Å². The number of nitrogens with one attached hydrogen (secondary N) is 6. The van der Waals surface area contributed by atoms with Gasteiger partial charge < -0.3 is 51.0 Å². The summed E-state index contributed by atoms with van der Waals surface area (Å²) in [6.45, 7) is -1.23. The van der Waals surface area contributed by atoms with E-state index >= 15 is 4.39 Å². The molecule has 78 heavy (non-hydrogen) atoms. The summed E-state index contributed by atoms with van der Waals surface area (Å²) >= 11 is 6.49. The lowest BCUT2D eigenvalue weighted by Gasteiger charge is -2.31. The van der Waals surface area contributed by atoms with Crippen molar-refractivity contribution in [2.75, 3.05) is 39.2 Å². The molecule has 3 atom stereocenters. The topological polar surface area (TPSA) is 325 Å². The van der Waals surface area contributed by atoms with E-state index in [1.54, 1.807) is 37.3 Å². The third-order valence-electron chi connectivity index (χ3n) is 13.1. The van der Waals surface area contributed by atoms with E-state index in [9.17, 15) is 51.9 Å². The molecule has 0 bridgehead atoms. The fourth-order valence-electron chi connectivity index (χ4n) is 9.25. The van der Waals surface area contributed by atoms with Crippen molar-refractivity contribution in [2.24, 2.45) is 0 Å². The Hall–Kier alpha value is -8.18. The van der Waals surface area contributed by atoms with Crippen LogP contribution in [0.5, 0.6) is 0 Å². The van der Waals surface area contributed by atoms with Crippen LogP contribution in [0.2, 0.25) is 5.02 Å². The third kappa shape index (κ3) is 12.6. The molecule has 3 aromatic heterocycles. The normalized spacial score (nSPS) is 16.2. The number of amides is 6. The molecule has 2 aliphatic heterocycles. The van der Waals surface area contributed by atoms with Crippen molar-refractivity contribution in [1.29, 1.82) is 0 Å². The van der Waals surface area contributed by atoms with Gasteiger partial charge in [-0.3, -0.25) is 33.6 Å². The minimum Gasteiger partial charge on any atom is -0.458 e. The Morgan fingerprint density at radius 2 is 1.65 bits per heavy atom. The van der Waals surface area contributed by atoms with Crippen molar-refractivity contribution in [2.45, 2.75) is 87.9 Å². The number of fused-ring (bicyclic) bond motifs is 5. The number of esters is 1. The summed E-state index contributed by atoms with van der Waals surface area (Å²) in [7, 11) is -3.54. The van der Waals surface area contributed by atoms with Crippen LogP contribution in [0.1, 0.15) is 84.0 Å². The number of aryl methyl sites for hydroxylation is 1. The van der Waals surface area contributed by atoms with Gasteiger partial charge in [0.15, 0.2) is 5.60 Å². The predicted octanol–water partition coefficient (Wildman–Crippen LogP) is 0.558. The summed E-state index contributed by atoms with van der Waals surface area (Å²) in [6, 6.07) is 9.54. The maximum Gasteiger partial charge on any atom is 0.343 e. The van der Waals surface area contributed by atoms with Gasteiger partial charge in [-0.25, -0.2) is 32.6 Å². The Morgan fingerprint density at radius 1 is 0.949 bits per heavy atom. The number of carbonyl (C=O) groups is 7. The smallest absolute Gasteiger partial charge is 0.343 e. The molecule has 3 aliphatic rings. The molecule has 0 fully saturated rings. The molecule has 0 radical (unpaired) electrons. The number of carbonyl (C=O) groups excluding carboxylic acids is 7. The van der Waals surface area contributed by atoms with E-state index in [0.717, 1.165) is 6.26 Å². The molecule has 8 rings (SSSR count). The zero-order chi connectivity index (χ0) is 55.9. The van der Waals surface area contributed by atoms with Gasteiger partial charge in [-0.05, 0) is 48.4 Å². The highest BCUT2D eigenvalue weighted by molar-refractivity contribution is 7.90. The van der Waals surface area contributed by atoms with Gasteiger partial charge in [-0.15, -0.1) is 0 Å². The van der Waals surface area contributed by atoms with Gasteiger partial charge in [0, 0.05) is 60.5 Å². The number of halogens is 2. The van der Waals surface area contributed by atoms with Crippen molar-refractivity contribution in [3.63, 3.8) is 0 Å². The first-order chi connectivity index (χ1) is 37.2. The first kappa shape index (κ1) is 56.0. The van der Waals surface area contributed by atoms with E-state index in [4.69, 9.17) is 26.1 Å². The number of hydrogen-bond acceptors (Lipinski definition) is 16. The minimum absolute atomic E-state index is 0.00417. The molecule has 7 N–H and O–H groups in total. The van der Waals surface area contributed by atoms with Gasteiger partial charge in [0.05, 0.1) is 65.3 Å². The number of pyridine rings is 2. The Labute approximate surface area is 449 Å². The summed E-state index contributed by atoms with van der Waals surface area (Å²) in [5.41, 5.74) is 1.13. The van der Waals surface area contributed by atoms with Crippen LogP contribution in [0.4, 0.5) is 4.39 Å². The summed E-state index contributed by atoms with van der Waals surface area (Å²) in [5.74, 6) is 0.163. The average Bonchev–Trinajstić information content (AvgIpc) is 3.87. The van der Waals surface area contributed by atoms with Gasteiger partial charge in [0.2, 0.25) is 50.4 Å². The van der Waals surface area contributed by atoms with Gasteiger partial charge in [0.1, 0.15) is 31.8 Å². The quantitative estimate of drug-likeness (QED) is 0.0181. The van der Waals surface area contributed by atoms with Crippen molar-refractivity contribution >= 4 is 73.8 Å². The maximum absolute atomic E-state index is 15.2. The van der Waals surface area contributed by atoms with Crippen LogP contribution >= 0.6 is 11.6 Å². The van der Waals surface area contributed by atoms with Crippen LogP contribution in [0.15, 0.2) is 64.8 Å². The van der Waals surface area contributed by atoms with Crippen molar-refractivity contribution in [1.82, 2.24) is 51.4 Å². The number of hydrogen-bond donors (Lipinski definition) is 7. The van der Waals surface area contributed by atoms with Gasteiger partial charge >= 0.3 is 5.97 Å². The number of sulfone groups is 1. The molecule has 5 heterocycles. The van der Waals surface area contributed by atoms with Crippen molar-refractivity contribution < 1.29 is 61.0 Å². The molecule has 0 saturated carbocycles. The fourth-order valence-corrected chi connectivity index (χ4v) is 9.98. The van der Waals surface area contributed by atoms with E-state index < -0.39 is 113 Å². The molecular formula is C52H52ClFN10O13S. The van der Waals surface area contributed by atoms with Crippen LogP contribution in [-0.2, 0) is 84.5 Å². The lowest BCUT2D eigenvalue weighted by atomic mass is 9.83. The number of cyclic esters (lactones) is 1. The molecule has 5 aromatic rings. The SMILES string of the molecule is CC[C@@]1(O)C(=O)OCc2c1cc1n(c2=O)Cc2c-1nc1cc(F)c(Cl)c3c1c2[C@H](NC(=O)COCNC(=O)CNC(=O)[C@H](Cc1ccccc1)NC(=O)CNC(=O)CNC(=O)CCCC#Cc1cnc(S(C)(=O)=O)nc1)CC3. The maximum atomic E-state index is 15.2. The second kappa shape index (κ2) is 24.0. The number of aromatic nitrogens is 4. The van der Waals surface area contributed by atoms with Crippen LogP contribution in [0.3, 0.4) is 0 Å². The summed E-state index contributed by atoms with van der Waals surface area (Å²) in [6.07, 6.45) is 4.75. The monoisotopic (exact) mass is 1110 g/mol. The predicted molar refractivity (Wildman–Crippen MR) is 275 cm³/mol. The lowest BCUT2D eigenvalue weighted by Crippen LogP contribution is -2.52. The van der Waals surface area contributed by atoms with E-state index in [0.29, 0.717) is 57.4 Å². The minimum atomic E-state index is -3.54. The Kier molecular flexibility index (Phi) is 17.2. The highest BCUT2D eigenvalue weighted by Crippen LogP contribution is 2.46. The Morgan fingerprint density at radius 3 is 2.38 bits per heavy atom. The zero-order valence-corrected chi connectivity index (χ0v) is 43.6. The lowest BCUT2D eigenvalue weighted by molar-refractivity contribution is -0.172. The molecule has 0 spiro atoms. The number of nitrogens with zero attached hydrogens (tertiary/aromatic N) is 4. The molecule has 0 unspecified atom stereocenters. The van der Waals surface area contributed by atoms with Crippen LogP contribution in [0, 0.1) is 17.7 Å². The summed E-state index contributed by atoms with van der Waals surface area (Å²) in [5, 5.41) is 26.7. The average molecular weight is 1110 g/mol. The van der Waals surface area contributed by atoms with E-state index in [1.807, 2.05) is 0 Å². The highest BCUT2D eigenvalue weighted by Gasteiger charge is 2.46. The number of rotatable bonds is 20. The van der Waals surface area contributed by atoms with E-state index in [1.165, 1.54) is 29.1 Å². The highest BCUT2D eigenvalue weighted by atomic mass is 35.5. The molecule has 0 saturated heterocycles. The summed E-state index contributed by atoms with van der Waals surface area (Å²) < 4.78 is 50.3. The first-order valence-corrected chi connectivity index (χ1v) is 26.8. The number of unbranched alkanes of at least 4 members (excludes halogenated alkanes) is 1. The van der Waals surface area contributed by atoms with Crippen LogP contribution in [0.25, 0.3) is 22.3 Å².